The highest BCUT2D eigenvalue weighted by atomic mass is 19.1. The summed E-state index contributed by atoms with van der Waals surface area (Å²) in [6.45, 7) is 0. The maximum absolute atomic E-state index is 12.9. The summed E-state index contributed by atoms with van der Waals surface area (Å²) in [7, 11) is 0. The van der Waals surface area contributed by atoms with E-state index in [1.165, 1.54) is 12.1 Å². The van der Waals surface area contributed by atoms with Crippen molar-refractivity contribution < 1.29 is 4.39 Å². The molecule has 0 saturated carbocycles. The van der Waals surface area contributed by atoms with Gasteiger partial charge in [-0.1, -0.05) is 12.1 Å². The highest BCUT2D eigenvalue weighted by Gasteiger charge is 2.05. The van der Waals surface area contributed by atoms with Crippen LogP contribution in [0.1, 0.15) is 23.4 Å². The van der Waals surface area contributed by atoms with Crippen LogP contribution in [0, 0.1) is 17.1 Å². The van der Waals surface area contributed by atoms with Gasteiger partial charge >= 0.3 is 0 Å². The zero-order chi connectivity index (χ0) is 16.1. The van der Waals surface area contributed by atoms with E-state index in [1.54, 1.807) is 18.3 Å². The van der Waals surface area contributed by atoms with Crippen LogP contribution in [0.3, 0.4) is 0 Å². The van der Waals surface area contributed by atoms with Crippen LogP contribution in [0.5, 0.6) is 0 Å². The fourth-order valence-corrected chi connectivity index (χ4v) is 2.55. The SMILES string of the molecule is N#Cc1ccc(-n2ccnc2CCCc2ccc(F)cc2)cc1. The molecule has 0 fully saturated rings. The number of aromatic nitrogens is 2. The third-order valence-corrected chi connectivity index (χ3v) is 3.77. The van der Waals surface area contributed by atoms with Gasteiger partial charge in [-0.25, -0.2) is 9.37 Å². The summed E-state index contributed by atoms with van der Waals surface area (Å²) in [5.41, 5.74) is 2.77. The van der Waals surface area contributed by atoms with Gasteiger partial charge in [0.2, 0.25) is 0 Å². The van der Waals surface area contributed by atoms with Gasteiger partial charge in [0.25, 0.3) is 0 Å². The summed E-state index contributed by atoms with van der Waals surface area (Å²) < 4.78 is 14.9. The molecule has 1 heterocycles. The first-order valence-electron chi connectivity index (χ1n) is 7.53. The Morgan fingerprint density at radius 3 is 2.43 bits per heavy atom. The van der Waals surface area contributed by atoms with Crippen molar-refractivity contribution in [2.75, 3.05) is 0 Å². The number of nitrogens with zero attached hydrogens (tertiary/aromatic N) is 3. The number of hydrogen-bond donors (Lipinski definition) is 0. The van der Waals surface area contributed by atoms with Gasteiger partial charge in [0.05, 0.1) is 11.6 Å². The van der Waals surface area contributed by atoms with E-state index in [2.05, 4.69) is 11.1 Å². The standard InChI is InChI=1S/C19H16FN3/c20-17-8-4-15(5-9-17)2-1-3-19-22-12-13-23(19)18-10-6-16(14-21)7-11-18/h4-13H,1-3H2. The molecule has 0 amide bonds. The van der Waals surface area contributed by atoms with E-state index >= 15 is 0 Å². The second-order valence-corrected chi connectivity index (χ2v) is 5.35. The lowest BCUT2D eigenvalue weighted by molar-refractivity contribution is 0.626. The molecule has 0 bridgehead atoms. The Balaban J connectivity index is 1.66. The van der Waals surface area contributed by atoms with Crippen LogP contribution < -0.4 is 0 Å². The first-order valence-corrected chi connectivity index (χ1v) is 7.53. The quantitative estimate of drug-likeness (QED) is 0.713. The first-order chi connectivity index (χ1) is 11.3. The highest BCUT2D eigenvalue weighted by molar-refractivity contribution is 5.40. The molecule has 4 heteroatoms. The molecule has 0 aliphatic heterocycles. The largest absolute Gasteiger partial charge is 0.304 e. The summed E-state index contributed by atoms with van der Waals surface area (Å²) in [4.78, 5) is 4.42. The zero-order valence-corrected chi connectivity index (χ0v) is 12.6. The van der Waals surface area contributed by atoms with Crippen LogP contribution in [0.4, 0.5) is 4.39 Å². The molecule has 23 heavy (non-hydrogen) atoms. The predicted octanol–water partition coefficient (Wildman–Crippen LogP) is 4.06. The molecule has 1 aromatic heterocycles. The molecule has 2 aromatic carbocycles. The van der Waals surface area contributed by atoms with Gasteiger partial charge < -0.3 is 4.57 Å². The monoisotopic (exact) mass is 305 g/mol. The van der Waals surface area contributed by atoms with Crippen molar-refractivity contribution in [1.29, 1.82) is 5.26 Å². The lowest BCUT2D eigenvalue weighted by Crippen LogP contribution is -2.01. The normalized spacial score (nSPS) is 10.4. The number of halogens is 1. The number of aryl methyl sites for hydroxylation is 2. The number of nitriles is 1. The topological polar surface area (TPSA) is 41.6 Å². The van der Waals surface area contributed by atoms with Crippen molar-refractivity contribution in [2.45, 2.75) is 19.3 Å². The van der Waals surface area contributed by atoms with Crippen LogP contribution in [-0.2, 0) is 12.8 Å². The molecule has 0 aliphatic rings. The summed E-state index contributed by atoms with van der Waals surface area (Å²) in [5, 5.41) is 8.86. The molecular weight excluding hydrogens is 289 g/mol. The van der Waals surface area contributed by atoms with Gasteiger partial charge in [-0.2, -0.15) is 5.26 Å². The average Bonchev–Trinajstić information content (AvgIpc) is 3.05. The predicted molar refractivity (Wildman–Crippen MR) is 86.7 cm³/mol. The van der Waals surface area contributed by atoms with E-state index in [0.717, 1.165) is 36.3 Å². The van der Waals surface area contributed by atoms with E-state index in [4.69, 9.17) is 5.26 Å². The van der Waals surface area contributed by atoms with Crippen LogP contribution in [-0.4, -0.2) is 9.55 Å². The fourth-order valence-electron chi connectivity index (χ4n) is 2.55. The third kappa shape index (κ3) is 3.64. The second-order valence-electron chi connectivity index (χ2n) is 5.35. The van der Waals surface area contributed by atoms with Gasteiger partial charge in [-0.15, -0.1) is 0 Å². The molecule has 0 radical (unpaired) electrons. The number of benzene rings is 2. The highest BCUT2D eigenvalue weighted by Crippen LogP contribution is 2.14. The molecule has 0 spiro atoms. The number of rotatable bonds is 5. The Labute approximate surface area is 134 Å². The third-order valence-electron chi connectivity index (χ3n) is 3.77. The Bertz CT molecular complexity index is 811. The maximum Gasteiger partial charge on any atom is 0.123 e. The van der Waals surface area contributed by atoms with Crippen LogP contribution >= 0.6 is 0 Å². The molecule has 0 atom stereocenters. The van der Waals surface area contributed by atoms with Crippen molar-refractivity contribution in [3.63, 3.8) is 0 Å². The lowest BCUT2D eigenvalue weighted by Gasteiger charge is -2.08. The smallest absolute Gasteiger partial charge is 0.123 e. The van der Waals surface area contributed by atoms with E-state index < -0.39 is 0 Å². The van der Waals surface area contributed by atoms with Gasteiger partial charge in [-0.05, 0) is 54.8 Å². The molecule has 0 aliphatic carbocycles. The lowest BCUT2D eigenvalue weighted by atomic mass is 10.1. The van der Waals surface area contributed by atoms with Gasteiger partial charge in [0, 0.05) is 24.5 Å². The zero-order valence-electron chi connectivity index (χ0n) is 12.6. The molecule has 0 unspecified atom stereocenters. The molecule has 3 aromatic rings. The van der Waals surface area contributed by atoms with Crippen molar-refractivity contribution in [1.82, 2.24) is 9.55 Å². The number of hydrogen-bond acceptors (Lipinski definition) is 2. The molecule has 0 saturated heterocycles. The van der Waals surface area contributed by atoms with Gasteiger partial charge in [0.1, 0.15) is 11.6 Å². The summed E-state index contributed by atoms with van der Waals surface area (Å²) in [5.74, 6) is 0.780. The molecule has 0 N–H and O–H groups in total. The van der Waals surface area contributed by atoms with Crippen molar-refractivity contribution in [3.05, 3.63) is 83.7 Å². The average molecular weight is 305 g/mol. The molecule has 114 valence electrons. The van der Waals surface area contributed by atoms with Crippen molar-refractivity contribution in [2.24, 2.45) is 0 Å². The Hall–Kier alpha value is -2.93. The van der Waals surface area contributed by atoms with Crippen molar-refractivity contribution in [3.8, 4) is 11.8 Å². The number of imidazole rings is 1. The Kier molecular flexibility index (Phi) is 4.49. The van der Waals surface area contributed by atoms with Gasteiger partial charge in [-0.3, -0.25) is 0 Å². The minimum Gasteiger partial charge on any atom is -0.304 e. The van der Waals surface area contributed by atoms with E-state index in [1.807, 2.05) is 35.0 Å². The van der Waals surface area contributed by atoms with Crippen LogP contribution in [0.2, 0.25) is 0 Å². The van der Waals surface area contributed by atoms with Crippen LogP contribution in [0.15, 0.2) is 60.9 Å². The minimum atomic E-state index is -0.204. The second kappa shape index (κ2) is 6.89. The van der Waals surface area contributed by atoms with Crippen LogP contribution in [0.25, 0.3) is 5.69 Å². The Morgan fingerprint density at radius 2 is 1.74 bits per heavy atom. The Morgan fingerprint density at radius 1 is 1.00 bits per heavy atom. The molecular formula is C19H16FN3. The maximum atomic E-state index is 12.9. The summed E-state index contributed by atoms with van der Waals surface area (Å²) in [6, 6.07) is 16.2. The summed E-state index contributed by atoms with van der Waals surface area (Å²) in [6.07, 6.45) is 6.38. The summed E-state index contributed by atoms with van der Waals surface area (Å²) >= 11 is 0. The minimum absolute atomic E-state index is 0.204. The molecule has 3 rings (SSSR count). The van der Waals surface area contributed by atoms with E-state index in [-0.39, 0.29) is 5.82 Å². The first kappa shape index (κ1) is 15.0. The molecule has 3 nitrogen and oxygen atoms in total. The van der Waals surface area contributed by atoms with Gasteiger partial charge in [0.15, 0.2) is 0 Å². The van der Waals surface area contributed by atoms with E-state index in [0.29, 0.717) is 5.56 Å². The van der Waals surface area contributed by atoms with Crippen molar-refractivity contribution >= 4 is 0 Å². The van der Waals surface area contributed by atoms with E-state index in [9.17, 15) is 4.39 Å². The fraction of sp³-hybridized carbons (Fsp3) is 0.158.